The Morgan fingerprint density at radius 2 is 0.597 bits per heavy atom. The summed E-state index contributed by atoms with van der Waals surface area (Å²) in [7, 11) is 0. The molecule has 0 aliphatic carbocycles. The highest BCUT2D eigenvalue weighted by molar-refractivity contribution is 5.71. The lowest BCUT2D eigenvalue weighted by Gasteiger charge is -2.18. The molecule has 1 atom stereocenters. The Balaban J connectivity index is 4.37. The van der Waals surface area contributed by atoms with Crippen LogP contribution in [-0.4, -0.2) is 37.2 Å². The highest BCUT2D eigenvalue weighted by atomic mass is 16.6. The van der Waals surface area contributed by atoms with Crippen molar-refractivity contribution in [3.05, 3.63) is 48.6 Å². The summed E-state index contributed by atoms with van der Waals surface area (Å²) in [5, 5.41) is 0. The van der Waals surface area contributed by atoms with Crippen LogP contribution < -0.4 is 0 Å². The van der Waals surface area contributed by atoms with Gasteiger partial charge < -0.3 is 14.2 Å². The first-order chi connectivity index (χ1) is 30.5. The molecule has 0 aromatic carbocycles. The lowest BCUT2D eigenvalue weighted by molar-refractivity contribution is -0.167. The van der Waals surface area contributed by atoms with Crippen molar-refractivity contribution >= 4 is 17.9 Å². The van der Waals surface area contributed by atoms with Gasteiger partial charge in [0.05, 0.1) is 0 Å². The molecule has 0 amide bonds. The molecule has 0 aromatic rings. The Morgan fingerprint density at radius 3 is 1.03 bits per heavy atom. The Labute approximate surface area is 384 Å². The Morgan fingerprint density at radius 1 is 0.323 bits per heavy atom. The van der Waals surface area contributed by atoms with Crippen LogP contribution in [0.15, 0.2) is 48.6 Å². The maximum atomic E-state index is 12.8. The predicted octanol–water partition coefficient (Wildman–Crippen LogP) is 17.5. The van der Waals surface area contributed by atoms with Crippen molar-refractivity contribution in [2.24, 2.45) is 0 Å². The van der Waals surface area contributed by atoms with E-state index in [0.29, 0.717) is 19.3 Å². The molecule has 6 heteroatoms. The van der Waals surface area contributed by atoms with Crippen LogP contribution in [0.1, 0.15) is 271 Å². The minimum atomic E-state index is -0.793. The highest BCUT2D eigenvalue weighted by Crippen LogP contribution is 2.16. The van der Waals surface area contributed by atoms with Gasteiger partial charge in [0, 0.05) is 19.3 Å². The van der Waals surface area contributed by atoms with Gasteiger partial charge in [-0.15, -0.1) is 0 Å². The summed E-state index contributed by atoms with van der Waals surface area (Å²) in [6.07, 6.45) is 61.0. The molecule has 0 heterocycles. The zero-order valence-corrected chi connectivity index (χ0v) is 41.1. The molecular formula is C56H100O6. The minimum Gasteiger partial charge on any atom is -0.462 e. The first kappa shape index (κ1) is 59.4. The fourth-order valence-electron chi connectivity index (χ4n) is 7.49. The summed E-state index contributed by atoms with van der Waals surface area (Å²) >= 11 is 0. The van der Waals surface area contributed by atoms with E-state index in [2.05, 4.69) is 69.4 Å². The lowest BCUT2D eigenvalue weighted by atomic mass is 10.0. The van der Waals surface area contributed by atoms with E-state index < -0.39 is 6.10 Å². The molecule has 0 saturated heterocycles. The van der Waals surface area contributed by atoms with Gasteiger partial charge in [0.25, 0.3) is 0 Å². The van der Waals surface area contributed by atoms with Gasteiger partial charge in [-0.05, 0) is 77.0 Å². The number of ether oxygens (including phenoxy) is 3. The van der Waals surface area contributed by atoms with Gasteiger partial charge in [-0.1, -0.05) is 223 Å². The quantitative estimate of drug-likeness (QED) is 0.0262. The molecule has 0 spiro atoms. The molecule has 0 radical (unpaired) electrons. The van der Waals surface area contributed by atoms with Crippen LogP contribution in [0.25, 0.3) is 0 Å². The average Bonchev–Trinajstić information content (AvgIpc) is 3.27. The SMILES string of the molecule is CCCC/C=C\CCCCCCCC(=O)OC[C@@H](COC(=O)CCCCCCCCCCCCCCCCCCCC)OC(=O)CCCC/C=C\C/C=C\C/C=C\CCCCC. The number of hydrogen-bond donors (Lipinski definition) is 0. The zero-order valence-electron chi connectivity index (χ0n) is 41.1. The van der Waals surface area contributed by atoms with E-state index in [1.54, 1.807) is 0 Å². The molecule has 0 fully saturated rings. The van der Waals surface area contributed by atoms with Gasteiger partial charge in [-0.25, -0.2) is 0 Å². The molecule has 0 aliphatic heterocycles. The summed E-state index contributed by atoms with van der Waals surface area (Å²) in [6.45, 7) is 6.55. The third-order valence-corrected chi connectivity index (χ3v) is 11.6. The molecular weight excluding hydrogens is 769 g/mol. The highest BCUT2D eigenvalue weighted by Gasteiger charge is 2.19. The Bertz CT molecular complexity index is 1090. The maximum absolute atomic E-state index is 12.8. The number of allylic oxidation sites excluding steroid dienone is 8. The summed E-state index contributed by atoms with van der Waals surface area (Å²) in [5.74, 6) is -0.929. The summed E-state index contributed by atoms with van der Waals surface area (Å²) in [4.78, 5) is 37.9. The third-order valence-electron chi connectivity index (χ3n) is 11.6. The predicted molar refractivity (Wildman–Crippen MR) is 265 cm³/mol. The fraction of sp³-hybridized carbons (Fsp3) is 0.804. The molecule has 0 saturated carbocycles. The number of rotatable bonds is 48. The van der Waals surface area contributed by atoms with E-state index in [0.717, 1.165) is 70.6 Å². The van der Waals surface area contributed by atoms with Crippen molar-refractivity contribution in [3.8, 4) is 0 Å². The standard InChI is InChI=1S/C56H100O6/c1-4-7-10-13-16-19-22-24-26-27-28-30-31-34-37-40-43-46-49-55(58)61-52-53(51-60-54(57)48-45-42-39-36-33-21-18-15-12-9-6-3)62-56(59)50-47-44-41-38-35-32-29-25-23-20-17-14-11-8-5-2/h15,17-18,20,25,29,35,38,53H,4-14,16,19,21-24,26-28,30-34,36-37,39-52H2,1-3H3/b18-15-,20-17-,29-25-,38-35-/t53-/m0/s1. The first-order valence-corrected chi connectivity index (χ1v) is 26.6. The summed E-state index contributed by atoms with van der Waals surface area (Å²) in [6, 6.07) is 0. The van der Waals surface area contributed by atoms with E-state index in [1.165, 1.54) is 154 Å². The van der Waals surface area contributed by atoms with E-state index >= 15 is 0 Å². The number of carbonyl (C=O) groups is 3. The number of hydrogen-bond acceptors (Lipinski definition) is 6. The van der Waals surface area contributed by atoms with E-state index in [-0.39, 0.29) is 37.5 Å². The minimum absolute atomic E-state index is 0.0886. The van der Waals surface area contributed by atoms with Crippen molar-refractivity contribution < 1.29 is 28.6 Å². The van der Waals surface area contributed by atoms with Gasteiger partial charge in [0.2, 0.25) is 0 Å². The molecule has 360 valence electrons. The summed E-state index contributed by atoms with van der Waals surface area (Å²) in [5.41, 5.74) is 0. The van der Waals surface area contributed by atoms with Gasteiger partial charge >= 0.3 is 17.9 Å². The smallest absolute Gasteiger partial charge is 0.306 e. The van der Waals surface area contributed by atoms with Crippen molar-refractivity contribution in [1.82, 2.24) is 0 Å². The van der Waals surface area contributed by atoms with E-state index in [9.17, 15) is 14.4 Å². The Kier molecular flexibility index (Phi) is 48.8. The largest absolute Gasteiger partial charge is 0.462 e. The molecule has 62 heavy (non-hydrogen) atoms. The summed E-state index contributed by atoms with van der Waals surface area (Å²) < 4.78 is 16.8. The van der Waals surface area contributed by atoms with Crippen LogP contribution in [0.3, 0.4) is 0 Å². The zero-order chi connectivity index (χ0) is 45.1. The van der Waals surface area contributed by atoms with Crippen molar-refractivity contribution in [2.45, 2.75) is 277 Å². The molecule has 0 aromatic heterocycles. The van der Waals surface area contributed by atoms with Crippen molar-refractivity contribution in [1.29, 1.82) is 0 Å². The van der Waals surface area contributed by atoms with Gasteiger partial charge in [0.1, 0.15) is 13.2 Å². The van der Waals surface area contributed by atoms with Crippen LogP contribution in [0, 0.1) is 0 Å². The van der Waals surface area contributed by atoms with Crippen LogP contribution in [0.2, 0.25) is 0 Å². The second kappa shape index (κ2) is 51.0. The normalized spacial score (nSPS) is 12.4. The van der Waals surface area contributed by atoms with Crippen LogP contribution >= 0.6 is 0 Å². The monoisotopic (exact) mass is 869 g/mol. The molecule has 0 unspecified atom stereocenters. The van der Waals surface area contributed by atoms with E-state index in [1.807, 2.05) is 0 Å². The molecule has 0 bridgehead atoms. The molecule has 0 aliphatic rings. The third kappa shape index (κ3) is 48.4. The topological polar surface area (TPSA) is 78.9 Å². The fourth-order valence-corrected chi connectivity index (χ4v) is 7.49. The van der Waals surface area contributed by atoms with Crippen LogP contribution in [0.4, 0.5) is 0 Å². The maximum Gasteiger partial charge on any atom is 0.306 e. The molecule has 0 N–H and O–H groups in total. The first-order valence-electron chi connectivity index (χ1n) is 26.6. The van der Waals surface area contributed by atoms with Crippen LogP contribution in [-0.2, 0) is 28.6 Å². The van der Waals surface area contributed by atoms with E-state index in [4.69, 9.17) is 14.2 Å². The van der Waals surface area contributed by atoms with Crippen molar-refractivity contribution in [2.75, 3.05) is 13.2 Å². The second-order valence-corrected chi connectivity index (χ2v) is 17.8. The van der Waals surface area contributed by atoms with Gasteiger partial charge in [0.15, 0.2) is 6.10 Å². The molecule has 0 rings (SSSR count). The number of esters is 3. The Hall–Kier alpha value is -2.63. The average molecular weight is 869 g/mol. The second-order valence-electron chi connectivity index (χ2n) is 17.8. The lowest BCUT2D eigenvalue weighted by Crippen LogP contribution is -2.30. The van der Waals surface area contributed by atoms with Crippen molar-refractivity contribution in [3.63, 3.8) is 0 Å². The van der Waals surface area contributed by atoms with Crippen LogP contribution in [0.5, 0.6) is 0 Å². The van der Waals surface area contributed by atoms with Gasteiger partial charge in [-0.3, -0.25) is 14.4 Å². The number of carbonyl (C=O) groups excluding carboxylic acids is 3. The van der Waals surface area contributed by atoms with Gasteiger partial charge in [-0.2, -0.15) is 0 Å². The number of unbranched alkanes of at least 4 members (excludes halogenated alkanes) is 29. The molecule has 6 nitrogen and oxygen atoms in total.